The number of carbonyl (C=O) groups is 2. The maximum Gasteiger partial charge on any atom is 0.240 e. The van der Waals surface area contributed by atoms with E-state index >= 15 is 0 Å². The van der Waals surface area contributed by atoms with Crippen LogP contribution in [0.1, 0.15) is 26.7 Å². The van der Waals surface area contributed by atoms with Crippen LogP contribution in [-0.2, 0) is 19.6 Å². The lowest BCUT2D eigenvalue weighted by molar-refractivity contribution is -0.127. The molecule has 7 nitrogen and oxygen atoms in total. The molecule has 1 aromatic rings. The first-order chi connectivity index (χ1) is 10.8. The van der Waals surface area contributed by atoms with Crippen molar-refractivity contribution in [3.05, 3.63) is 24.3 Å². The Morgan fingerprint density at radius 3 is 2.52 bits per heavy atom. The normalized spacial score (nSPS) is 18.3. The first-order valence-electron chi connectivity index (χ1n) is 7.49. The molecule has 1 heterocycles. The van der Waals surface area contributed by atoms with Gasteiger partial charge >= 0.3 is 0 Å². The fraction of sp³-hybridized carbons (Fsp3) is 0.467. The largest absolute Gasteiger partial charge is 0.341 e. The highest BCUT2D eigenvalue weighted by Gasteiger charge is 2.32. The average molecular weight is 339 g/mol. The first kappa shape index (κ1) is 17.4. The summed E-state index contributed by atoms with van der Waals surface area (Å²) in [5.41, 5.74) is 0.529. The maximum absolute atomic E-state index is 12.4. The van der Waals surface area contributed by atoms with E-state index in [1.807, 2.05) is 6.92 Å². The Morgan fingerprint density at radius 1 is 1.30 bits per heavy atom. The van der Waals surface area contributed by atoms with Gasteiger partial charge in [-0.05, 0) is 30.7 Å². The summed E-state index contributed by atoms with van der Waals surface area (Å²) in [5, 5.41) is 2.58. The molecule has 2 N–H and O–H groups in total. The quantitative estimate of drug-likeness (QED) is 0.806. The zero-order chi connectivity index (χ0) is 17.0. The average Bonchev–Trinajstić information content (AvgIpc) is 2.78. The molecular weight excluding hydrogens is 318 g/mol. The van der Waals surface area contributed by atoms with Gasteiger partial charge in [0.15, 0.2) is 0 Å². The smallest absolute Gasteiger partial charge is 0.240 e. The Hall–Kier alpha value is -1.93. The Morgan fingerprint density at radius 2 is 1.96 bits per heavy atom. The zero-order valence-corrected chi connectivity index (χ0v) is 14.0. The molecule has 1 aliphatic heterocycles. The second-order valence-electron chi connectivity index (χ2n) is 5.57. The van der Waals surface area contributed by atoms with Gasteiger partial charge in [-0.2, -0.15) is 0 Å². The van der Waals surface area contributed by atoms with Crippen LogP contribution >= 0.6 is 0 Å². The number of carbonyl (C=O) groups excluding carboxylic acids is 2. The standard InChI is InChI=1S/C15H21N3O4S/c1-3-8-18-10-13(9-15(18)20)17-23(21,22)14-6-4-12(5-7-14)16-11(2)19/h4-7,13,17H,3,8-10H2,1-2H3,(H,16,19). The lowest BCUT2D eigenvalue weighted by Crippen LogP contribution is -2.37. The molecule has 1 aromatic carbocycles. The number of nitrogens with one attached hydrogen (secondary N) is 2. The molecule has 1 unspecified atom stereocenters. The van der Waals surface area contributed by atoms with Crippen LogP contribution in [0.25, 0.3) is 0 Å². The van der Waals surface area contributed by atoms with Crippen molar-refractivity contribution in [3.63, 3.8) is 0 Å². The lowest BCUT2D eigenvalue weighted by atomic mass is 10.3. The molecule has 0 aromatic heterocycles. The Bertz CT molecular complexity index is 685. The van der Waals surface area contributed by atoms with Crippen LogP contribution in [0.5, 0.6) is 0 Å². The molecule has 2 rings (SSSR count). The minimum absolute atomic E-state index is 0.0273. The van der Waals surface area contributed by atoms with Gasteiger partial charge in [0.05, 0.1) is 4.90 Å². The number of rotatable bonds is 6. The molecule has 0 aliphatic carbocycles. The van der Waals surface area contributed by atoms with E-state index in [4.69, 9.17) is 0 Å². The number of nitrogens with zero attached hydrogens (tertiary/aromatic N) is 1. The molecule has 0 spiro atoms. The van der Waals surface area contributed by atoms with Gasteiger partial charge in [0.2, 0.25) is 21.8 Å². The SMILES string of the molecule is CCCN1CC(NS(=O)(=O)c2ccc(NC(C)=O)cc2)CC1=O. The van der Waals surface area contributed by atoms with Crippen LogP contribution in [0.2, 0.25) is 0 Å². The third kappa shape index (κ3) is 4.52. The van der Waals surface area contributed by atoms with E-state index in [1.54, 1.807) is 4.90 Å². The van der Waals surface area contributed by atoms with Crippen molar-refractivity contribution in [2.24, 2.45) is 0 Å². The number of hydrogen-bond acceptors (Lipinski definition) is 4. The van der Waals surface area contributed by atoms with Crippen molar-refractivity contribution in [2.45, 2.75) is 37.6 Å². The van der Waals surface area contributed by atoms with Crippen molar-refractivity contribution in [2.75, 3.05) is 18.4 Å². The summed E-state index contributed by atoms with van der Waals surface area (Å²) in [7, 11) is -3.69. The van der Waals surface area contributed by atoms with Crippen LogP contribution in [0, 0.1) is 0 Å². The van der Waals surface area contributed by atoms with Crippen molar-refractivity contribution >= 4 is 27.5 Å². The van der Waals surface area contributed by atoms with Crippen molar-refractivity contribution < 1.29 is 18.0 Å². The second-order valence-corrected chi connectivity index (χ2v) is 7.28. The third-order valence-corrected chi connectivity index (χ3v) is 5.05. The second kappa shape index (κ2) is 7.10. The molecular formula is C15H21N3O4S. The first-order valence-corrected chi connectivity index (χ1v) is 8.98. The van der Waals surface area contributed by atoms with E-state index in [-0.39, 0.29) is 23.1 Å². The fourth-order valence-corrected chi connectivity index (χ4v) is 3.77. The molecule has 1 atom stereocenters. The predicted octanol–water partition coefficient (Wildman–Crippen LogP) is 0.934. The molecule has 8 heteroatoms. The van der Waals surface area contributed by atoms with E-state index in [0.29, 0.717) is 18.8 Å². The molecule has 0 bridgehead atoms. The molecule has 2 amide bonds. The number of likely N-dealkylation sites (tertiary alicyclic amines) is 1. The van der Waals surface area contributed by atoms with E-state index in [2.05, 4.69) is 10.0 Å². The van der Waals surface area contributed by atoms with Gasteiger partial charge in [-0.3, -0.25) is 9.59 Å². The Labute approximate surface area is 136 Å². The van der Waals surface area contributed by atoms with Crippen molar-refractivity contribution in [1.29, 1.82) is 0 Å². The van der Waals surface area contributed by atoms with E-state index in [1.165, 1.54) is 31.2 Å². The van der Waals surface area contributed by atoms with Crippen molar-refractivity contribution in [3.8, 4) is 0 Å². The van der Waals surface area contributed by atoms with Crippen LogP contribution < -0.4 is 10.0 Å². The number of benzene rings is 1. The van der Waals surface area contributed by atoms with Gasteiger partial charge in [0, 0.05) is 38.2 Å². The maximum atomic E-state index is 12.4. The number of hydrogen-bond donors (Lipinski definition) is 2. The summed E-state index contributed by atoms with van der Waals surface area (Å²) < 4.78 is 27.3. The molecule has 23 heavy (non-hydrogen) atoms. The summed E-state index contributed by atoms with van der Waals surface area (Å²) in [6.45, 7) is 4.39. The molecule has 0 saturated carbocycles. The minimum Gasteiger partial charge on any atom is -0.341 e. The highest BCUT2D eigenvalue weighted by Crippen LogP contribution is 2.17. The minimum atomic E-state index is -3.69. The van der Waals surface area contributed by atoms with Gasteiger partial charge in [0.25, 0.3) is 0 Å². The molecule has 0 radical (unpaired) electrons. The Balaban J connectivity index is 2.04. The molecule has 1 fully saturated rings. The van der Waals surface area contributed by atoms with Crippen LogP contribution in [0.3, 0.4) is 0 Å². The van der Waals surface area contributed by atoms with Gasteiger partial charge < -0.3 is 10.2 Å². The van der Waals surface area contributed by atoms with Crippen LogP contribution in [0.4, 0.5) is 5.69 Å². The highest BCUT2D eigenvalue weighted by molar-refractivity contribution is 7.89. The molecule has 1 aliphatic rings. The van der Waals surface area contributed by atoms with E-state index in [0.717, 1.165) is 6.42 Å². The highest BCUT2D eigenvalue weighted by atomic mass is 32.2. The summed E-state index contributed by atoms with van der Waals surface area (Å²) >= 11 is 0. The Kier molecular flexibility index (Phi) is 5.38. The van der Waals surface area contributed by atoms with E-state index in [9.17, 15) is 18.0 Å². The van der Waals surface area contributed by atoms with Crippen LogP contribution in [0.15, 0.2) is 29.2 Å². The topological polar surface area (TPSA) is 95.6 Å². The number of amides is 2. The number of sulfonamides is 1. The van der Waals surface area contributed by atoms with Crippen molar-refractivity contribution in [1.82, 2.24) is 9.62 Å². The number of anilines is 1. The summed E-state index contributed by atoms with van der Waals surface area (Å²) in [6.07, 6.45) is 1.03. The zero-order valence-electron chi connectivity index (χ0n) is 13.2. The summed E-state index contributed by atoms with van der Waals surface area (Å²) in [6, 6.07) is 5.50. The lowest BCUT2D eigenvalue weighted by Gasteiger charge is -2.16. The van der Waals surface area contributed by atoms with E-state index < -0.39 is 16.1 Å². The van der Waals surface area contributed by atoms with Crippen LogP contribution in [-0.4, -0.2) is 44.3 Å². The molecule has 1 saturated heterocycles. The summed E-state index contributed by atoms with van der Waals surface area (Å²) in [5.74, 6) is -0.250. The monoisotopic (exact) mass is 339 g/mol. The van der Waals surface area contributed by atoms with Gasteiger partial charge in [-0.25, -0.2) is 13.1 Å². The molecule has 126 valence electrons. The fourth-order valence-electron chi connectivity index (χ4n) is 2.55. The third-order valence-electron chi connectivity index (χ3n) is 3.51. The van der Waals surface area contributed by atoms with Gasteiger partial charge in [-0.15, -0.1) is 0 Å². The predicted molar refractivity (Wildman–Crippen MR) is 86.3 cm³/mol. The summed E-state index contributed by atoms with van der Waals surface area (Å²) in [4.78, 5) is 24.5. The van der Waals surface area contributed by atoms with Gasteiger partial charge in [0.1, 0.15) is 0 Å². The van der Waals surface area contributed by atoms with Gasteiger partial charge in [-0.1, -0.05) is 6.92 Å².